The molecule has 16 heteroatoms. The fraction of sp³-hybridized carbons (Fsp3) is 0.250. The number of benzene rings is 3. The maximum absolute atomic E-state index is 13.5. The van der Waals surface area contributed by atoms with Crippen LogP contribution in [0.5, 0.6) is 17.2 Å². The van der Waals surface area contributed by atoms with Crippen LogP contribution >= 0.6 is 0 Å². The molecule has 2 aliphatic heterocycles. The highest BCUT2D eigenvalue weighted by Gasteiger charge is 2.44. The number of nitrogens with zero attached hydrogens (tertiary/aromatic N) is 3. The number of carbonyl (C=O) groups excluding carboxylic acids is 2. The quantitative estimate of drug-likeness (QED) is 0.137. The first-order valence-electron chi connectivity index (χ1n) is 14.6. The van der Waals surface area contributed by atoms with Crippen LogP contribution in [-0.4, -0.2) is 71.9 Å². The first-order chi connectivity index (χ1) is 22.9. The van der Waals surface area contributed by atoms with Gasteiger partial charge >= 0.3 is 24.3 Å². The molecule has 3 aromatic carbocycles. The Balaban J connectivity index is 1.33. The van der Waals surface area contributed by atoms with E-state index in [0.29, 0.717) is 36.7 Å². The minimum absolute atomic E-state index is 0.00170. The van der Waals surface area contributed by atoms with Crippen molar-refractivity contribution in [2.24, 2.45) is 0 Å². The van der Waals surface area contributed by atoms with Crippen molar-refractivity contribution in [1.82, 2.24) is 14.6 Å². The lowest BCUT2D eigenvalue weighted by molar-refractivity contribution is -0.199. The number of H-pyrrole nitrogens is 1. The van der Waals surface area contributed by atoms with Crippen LogP contribution in [-0.2, 0) is 16.1 Å². The Bertz CT molecular complexity index is 2040. The zero-order valence-corrected chi connectivity index (χ0v) is 24.7. The Kier molecular flexibility index (Phi) is 7.61. The molecule has 2 aromatic heterocycles. The number of anilines is 1. The molecule has 0 bridgehead atoms. The van der Waals surface area contributed by atoms with Gasteiger partial charge in [-0.15, -0.1) is 0 Å². The highest BCUT2D eigenvalue weighted by molar-refractivity contribution is 6.04. The molecule has 0 atom stereocenters. The highest BCUT2D eigenvalue weighted by atomic mass is 19.4. The molecule has 4 heterocycles. The van der Waals surface area contributed by atoms with Crippen molar-refractivity contribution in [2.45, 2.75) is 18.9 Å². The standard InChI is InChI=1S/C32H24F6N4O6/c33-31(34,35)29(43)47-25-6-2-5-22-28(25)27(18-7-8-24-26(15-18)46-17-45-24)23(42(22)48-30(44)32(36,37)38)16-40-11-13-41(14-12-40)21-4-1-3-20-19(21)9-10-39-20/h1-10,15,39H,11-14,16-17H2. The molecule has 0 spiro atoms. The lowest BCUT2D eigenvalue weighted by atomic mass is 10.00. The summed E-state index contributed by atoms with van der Waals surface area (Å²) in [6.45, 7) is 1.70. The molecule has 1 fully saturated rings. The number of carbonyl (C=O) groups is 2. The fourth-order valence-corrected chi connectivity index (χ4v) is 6.02. The number of halogens is 6. The van der Waals surface area contributed by atoms with Crippen LogP contribution in [0.4, 0.5) is 32.0 Å². The molecule has 1 N–H and O–H groups in total. The van der Waals surface area contributed by atoms with Gasteiger partial charge in [0.15, 0.2) is 11.5 Å². The Labute approximate surface area is 266 Å². The molecule has 48 heavy (non-hydrogen) atoms. The number of piperazine rings is 1. The van der Waals surface area contributed by atoms with Crippen molar-refractivity contribution < 1.29 is 55.0 Å². The third kappa shape index (κ3) is 5.72. The van der Waals surface area contributed by atoms with Crippen LogP contribution < -0.4 is 23.9 Å². The summed E-state index contributed by atoms with van der Waals surface area (Å²) in [6, 6.07) is 15.9. The van der Waals surface area contributed by atoms with Crippen molar-refractivity contribution in [3.05, 3.63) is 72.6 Å². The van der Waals surface area contributed by atoms with Crippen molar-refractivity contribution in [3.8, 4) is 28.4 Å². The van der Waals surface area contributed by atoms with Crippen LogP contribution in [0.3, 0.4) is 0 Å². The molecule has 0 amide bonds. The van der Waals surface area contributed by atoms with Crippen LogP contribution in [0.25, 0.3) is 32.9 Å². The second-order valence-electron chi connectivity index (χ2n) is 11.1. The average Bonchev–Trinajstić information content (AvgIpc) is 3.79. The second kappa shape index (κ2) is 11.7. The molecule has 0 saturated carbocycles. The first kappa shape index (κ1) is 31.2. The summed E-state index contributed by atoms with van der Waals surface area (Å²) in [6.07, 6.45) is -8.94. The fourth-order valence-electron chi connectivity index (χ4n) is 6.02. The van der Waals surface area contributed by atoms with Crippen LogP contribution in [0.1, 0.15) is 5.69 Å². The van der Waals surface area contributed by atoms with Crippen molar-refractivity contribution in [1.29, 1.82) is 0 Å². The van der Waals surface area contributed by atoms with E-state index in [4.69, 9.17) is 19.0 Å². The van der Waals surface area contributed by atoms with Gasteiger partial charge in [0.05, 0.1) is 16.6 Å². The molecular weight excluding hydrogens is 650 g/mol. The number of esters is 1. The normalized spacial score (nSPS) is 15.3. The molecule has 1 saturated heterocycles. The van der Waals surface area contributed by atoms with Gasteiger partial charge in [0.1, 0.15) is 5.75 Å². The van der Waals surface area contributed by atoms with Crippen molar-refractivity contribution in [3.63, 3.8) is 0 Å². The number of alkyl halides is 6. The summed E-state index contributed by atoms with van der Waals surface area (Å²) in [5.74, 6) is -5.06. The minimum atomic E-state index is -5.40. The van der Waals surface area contributed by atoms with Gasteiger partial charge in [-0.05, 0) is 48.0 Å². The lowest BCUT2D eigenvalue weighted by Crippen LogP contribution is -2.46. The van der Waals surface area contributed by atoms with E-state index in [1.165, 1.54) is 30.3 Å². The van der Waals surface area contributed by atoms with Crippen LogP contribution in [0.2, 0.25) is 0 Å². The summed E-state index contributed by atoms with van der Waals surface area (Å²) in [5, 5.41) is 0.841. The molecule has 5 aromatic rings. The van der Waals surface area contributed by atoms with Gasteiger partial charge in [0, 0.05) is 61.1 Å². The van der Waals surface area contributed by atoms with E-state index in [1.54, 1.807) is 0 Å². The number of ether oxygens (including phenoxy) is 3. The van der Waals surface area contributed by atoms with E-state index in [-0.39, 0.29) is 46.8 Å². The average molecular weight is 675 g/mol. The van der Waals surface area contributed by atoms with Gasteiger partial charge in [-0.25, -0.2) is 9.59 Å². The number of fused-ring (bicyclic) bond motifs is 3. The van der Waals surface area contributed by atoms with Gasteiger partial charge in [-0.2, -0.15) is 31.1 Å². The van der Waals surface area contributed by atoms with E-state index in [9.17, 15) is 35.9 Å². The van der Waals surface area contributed by atoms with E-state index in [2.05, 4.69) is 9.88 Å². The topological polar surface area (TPSA) is 98.3 Å². The second-order valence-corrected chi connectivity index (χ2v) is 11.1. The molecule has 0 aliphatic carbocycles. The number of hydrogen-bond acceptors (Lipinski definition) is 8. The van der Waals surface area contributed by atoms with E-state index in [0.717, 1.165) is 22.7 Å². The predicted octanol–water partition coefficient (Wildman–Crippen LogP) is 5.83. The molecule has 7 rings (SSSR count). The third-order valence-electron chi connectivity index (χ3n) is 8.17. The SMILES string of the molecule is O=C(Oc1cccc2c1c(-c1ccc3c(c1)OCO3)c(CN1CCN(c3cccc4[nH]ccc34)CC1)n2OC(=O)C(F)(F)F)C(F)(F)F. The number of nitrogens with one attached hydrogen (secondary N) is 1. The van der Waals surface area contributed by atoms with Gasteiger partial charge in [-0.3, -0.25) is 4.90 Å². The highest BCUT2D eigenvalue weighted by Crippen LogP contribution is 2.44. The van der Waals surface area contributed by atoms with E-state index in [1.807, 2.05) is 35.4 Å². The monoisotopic (exact) mass is 674 g/mol. The summed E-state index contributed by atoms with van der Waals surface area (Å²) in [4.78, 5) is 36.4. The van der Waals surface area contributed by atoms with Crippen LogP contribution in [0.15, 0.2) is 66.9 Å². The third-order valence-corrected chi connectivity index (χ3v) is 8.17. The number of aromatic nitrogens is 2. The van der Waals surface area contributed by atoms with E-state index >= 15 is 0 Å². The van der Waals surface area contributed by atoms with Gasteiger partial charge in [0.2, 0.25) is 6.79 Å². The van der Waals surface area contributed by atoms with Gasteiger partial charge < -0.3 is 28.9 Å². The Morgan fingerprint density at radius 1 is 0.833 bits per heavy atom. The largest absolute Gasteiger partial charge is 0.493 e. The molecular formula is C32H24F6N4O6. The lowest BCUT2D eigenvalue weighted by Gasteiger charge is -2.36. The number of rotatable bonds is 6. The molecule has 0 unspecified atom stereocenters. The maximum Gasteiger partial charge on any atom is 0.493 e. The Morgan fingerprint density at radius 3 is 2.31 bits per heavy atom. The van der Waals surface area contributed by atoms with Crippen molar-refractivity contribution >= 4 is 39.4 Å². The number of hydrogen-bond donors (Lipinski definition) is 1. The zero-order chi connectivity index (χ0) is 33.8. The summed E-state index contributed by atoms with van der Waals surface area (Å²) < 4.78 is 96.8. The molecule has 250 valence electrons. The number of aromatic amines is 1. The van der Waals surface area contributed by atoms with Crippen molar-refractivity contribution in [2.75, 3.05) is 37.9 Å². The molecule has 10 nitrogen and oxygen atoms in total. The maximum atomic E-state index is 13.5. The Hall–Kier alpha value is -5.38. The smallest absolute Gasteiger partial charge is 0.454 e. The first-order valence-corrected chi connectivity index (χ1v) is 14.6. The summed E-state index contributed by atoms with van der Waals surface area (Å²) >= 11 is 0. The van der Waals surface area contributed by atoms with Crippen LogP contribution in [0, 0.1) is 0 Å². The van der Waals surface area contributed by atoms with E-state index < -0.39 is 30.0 Å². The molecule has 2 aliphatic rings. The van der Waals surface area contributed by atoms with Gasteiger partial charge in [0.25, 0.3) is 0 Å². The zero-order valence-electron chi connectivity index (χ0n) is 24.7. The Morgan fingerprint density at radius 2 is 1.56 bits per heavy atom. The minimum Gasteiger partial charge on any atom is -0.454 e. The summed E-state index contributed by atoms with van der Waals surface area (Å²) in [5.41, 5.74) is 2.07. The summed E-state index contributed by atoms with van der Waals surface area (Å²) in [7, 11) is 0. The molecule has 0 radical (unpaired) electrons. The predicted molar refractivity (Wildman–Crippen MR) is 159 cm³/mol. The van der Waals surface area contributed by atoms with Gasteiger partial charge in [-0.1, -0.05) is 18.2 Å².